The molecule has 158 valence electrons. The van der Waals surface area contributed by atoms with E-state index in [1.165, 1.54) is 0 Å². The average molecular weight is 416 g/mol. The summed E-state index contributed by atoms with van der Waals surface area (Å²) in [6.07, 6.45) is 0.387. The molecule has 2 unspecified atom stereocenters. The van der Waals surface area contributed by atoms with Crippen molar-refractivity contribution in [1.82, 2.24) is 5.01 Å². The quantitative estimate of drug-likeness (QED) is 0.589. The van der Waals surface area contributed by atoms with Gasteiger partial charge in [-0.15, -0.1) is 0 Å². The van der Waals surface area contributed by atoms with Gasteiger partial charge in [-0.25, -0.2) is 5.01 Å². The zero-order valence-electron chi connectivity index (χ0n) is 17.7. The minimum atomic E-state index is -0.406. The van der Waals surface area contributed by atoms with Crippen molar-refractivity contribution in [1.29, 1.82) is 0 Å². The number of ether oxygens (including phenoxy) is 4. The number of hydrogen-bond donors (Lipinski definition) is 0. The Bertz CT molecular complexity index is 1130. The molecule has 5 rings (SSSR count). The number of rotatable bonds is 5. The first-order valence-corrected chi connectivity index (χ1v) is 10.2. The summed E-state index contributed by atoms with van der Waals surface area (Å²) in [5.74, 6) is 3.14. The summed E-state index contributed by atoms with van der Waals surface area (Å²) in [5, 5.41) is 7.06. The van der Waals surface area contributed by atoms with Gasteiger partial charge in [0.15, 0.2) is 0 Å². The first-order chi connectivity index (χ1) is 15.2. The molecule has 2 aliphatic rings. The van der Waals surface area contributed by atoms with E-state index in [4.69, 9.17) is 24.0 Å². The largest absolute Gasteiger partial charge is 0.497 e. The van der Waals surface area contributed by atoms with Crippen LogP contribution in [-0.2, 0) is 0 Å². The van der Waals surface area contributed by atoms with Crippen molar-refractivity contribution in [3.05, 3.63) is 83.4 Å². The third-order valence-corrected chi connectivity index (χ3v) is 5.83. The van der Waals surface area contributed by atoms with E-state index in [0.29, 0.717) is 5.75 Å². The monoisotopic (exact) mass is 416 g/mol. The van der Waals surface area contributed by atoms with Gasteiger partial charge in [0, 0.05) is 18.1 Å². The number of hydrazone groups is 1. The molecule has 0 radical (unpaired) electrons. The standard InChI is InChI=1S/C25H24N2O4/c1-28-17-10-8-16(9-11-17)21-15-22-19-6-4-5-7-23(19)31-25(27(22)26-21)20-13-12-18(29-2)14-24(20)30-3/h4-14,22,25H,15H2,1-3H3. The Hall–Kier alpha value is -3.67. The molecule has 31 heavy (non-hydrogen) atoms. The summed E-state index contributed by atoms with van der Waals surface area (Å²) in [4.78, 5) is 0. The lowest BCUT2D eigenvalue weighted by atomic mass is 9.96. The van der Waals surface area contributed by atoms with Crippen LogP contribution in [0, 0.1) is 0 Å². The second-order valence-electron chi connectivity index (χ2n) is 7.49. The molecule has 0 saturated carbocycles. The van der Waals surface area contributed by atoms with Gasteiger partial charge in [-0.1, -0.05) is 18.2 Å². The minimum Gasteiger partial charge on any atom is -0.497 e. The molecule has 3 aromatic rings. The molecule has 0 N–H and O–H groups in total. The third-order valence-electron chi connectivity index (χ3n) is 5.83. The van der Waals surface area contributed by atoms with Crippen LogP contribution in [0.25, 0.3) is 0 Å². The molecule has 2 aliphatic heterocycles. The summed E-state index contributed by atoms with van der Waals surface area (Å²) in [7, 11) is 4.97. The van der Waals surface area contributed by atoms with Crippen molar-refractivity contribution in [3.8, 4) is 23.0 Å². The molecule has 2 heterocycles. The SMILES string of the molecule is COc1ccc(C2=NN3C(C2)c2ccccc2OC3c2ccc(OC)cc2OC)cc1. The van der Waals surface area contributed by atoms with Crippen LogP contribution in [0.15, 0.2) is 71.8 Å². The predicted octanol–water partition coefficient (Wildman–Crippen LogP) is 4.95. The van der Waals surface area contributed by atoms with Crippen molar-refractivity contribution >= 4 is 5.71 Å². The number of benzene rings is 3. The Morgan fingerprint density at radius 2 is 1.58 bits per heavy atom. The molecule has 0 saturated heterocycles. The van der Waals surface area contributed by atoms with Crippen LogP contribution in [0.2, 0.25) is 0 Å². The molecule has 0 bridgehead atoms. The van der Waals surface area contributed by atoms with Gasteiger partial charge in [-0.2, -0.15) is 5.10 Å². The second-order valence-corrected chi connectivity index (χ2v) is 7.49. The van der Waals surface area contributed by atoms with Crippen LogP contribution >= 0.6 is 0 Å². The molecule has 2 atom stereocenters. The number of fused-ring (bicyclic) bond motifs is 3. The minimum absolute atomic E-state index is 0.0823. The molecule has 6 heteroatoms. The molecular weight excluding hydrogens is 392 g/mol. The summed E-state index contributed by atoms with van der Waals surface area (Å²) in [6.45, 7) is 0. The van der Waals surface area contributed by atoms with Crippen molar-refractivity contribution < 1.29 is 18.9 Å². The predicted molar refractivity (Wildman–Crippen MR) is 118 cm³/mol. The Morgan fingerprint density at radius 3 is 2.32 bits per heavy atom. The van der Waals surface area contributed by atoms with Gasteiger partial charge in [0.1, 0.15) is 23.0 Å². The summed E-state index contributed by atoms with van der Waals surface area (Å²) >= 11 is 0. The molecular formula is C25H24N2O4. The molecule has 0 fully saturated rings. The van der Waals surface area contributed by atoms with Crippen LogP contribution in [0.3, 0.4) is 0 Å². The molecule has 3 aromatic carbocycles. The van der Waals surface area contributed by atoms with Crippen molar-refractivity contribution in [3.63, 3.8) is 0 Å². The fourth-order valence-electron chi connectivity index (χ4n) is 4.22. The second kappa shape index (κ2) is 7.87. The summed E-state index contributed by atoms with van der Waals surface area (Å²) in [6, 6.07) is 22.0. The van der Waals surface area contributed by atoms with Gasteiger partial charge in [-0.3, -0.25) is 0 Å². The van der Waals surface area contributed by atoms with Crippen LogP contribution in [0.1, 0.15) is 35.4 Å². The highest BCUT2D eigenvalue weighted by molar-refractivity contribution is 6.02. The van der Waals surface area contributed by atoms with Gasteiger partial charge >= 0.3 is 0 Å². The molecule has 0 spiro atoms. The fraction of sp³-hybridized carbons (Fsp3) is 0.240. The van der Waals surface area contributed by atoms with Gasteiger partial charge in [0.2, 0.25) is 6.23 Å². The topological polar surface area (TPSA) is 52.5 Å². The van der Waals surface area contributed by atoms with Gasteiger partial charge < -0.3 is 18.9 Å². The lowest BCUT2D eigenvalue weighted by molar-refractivity contribution is -0.0203. The van der Waals surface area contributed by atoms with Gasteiger partial charge in [0.25, 0.3) is 0 Å². The van der Waals surface area contributed by atoms with Crippen molar-refractivity contribution in [2.24, 2.45) is 5.10 Å². The van der Waals surface area contributed by atoms with E-state index in [1.54, 1.807) is 21.3 Å². The average Bonchev–Trinajstić information content (AvgIpc) is 3.29. The number of para-hydroxylation sites is 1. The highest BCUT2D eigenvalue weighted by atomic mass is 16.5. The smallest absolute Gasteiger partial charge is 0.217 e. The van der Waals surface area contributed by atoms with Crippen LogP contribution in [0.4, 0.5) is 0 Å². The van der Waals surface area contributed by atoms with E-state index in [9.17, 15) is 0 Å². The zero-order valence-corrected chi connectivity index (χ0v) is 17.7. The van der Waals surface area contributed by atoms with Gasteiger partial charge in [0.05, 0.1) is 38.6 Å². The number of hydrogen-bond acceptors (Lipinski definition) is 6. The van der Waals surface area contributed by atoms with E-state index in [-0.39, 0.29) is 6.04 Å². The lowest BCUT2D eigenvalue weighted by Gasteiger charge is -2.38. The van der Waals surface area contributed by atoms with E-state index >= 15 is 0 Å². The highest BCUT2D eigenvalue weighted by Gasteiger charge is 2.41. The van der Waals surface area contributed by atoms with Crippen LogP contribution in [0.5, 0.6) is 23.0 Å². The Morgan fingerprint density at radius 1 is 0.839 bits per heavy atom. The molecule has 0 aromatic heterocycles. The van der Waals surface area contributed by atoms with Crippen LogP contribution in [-0.4, -0.2) is 32.0 Å². The Balaban J connectivity index is 1.58. The van der Waals surface area contributed by atoms with E-state index < -0.39 is 6.23 Å². The van der Waals surface area contributed by atoms with E-state index in [1.807, 2.05) is 65.7 Å². The normalized spacial score (nSPS) is 19.1. The van der Waals surface area contributed by atoms with Gasteiger partial charge in [-0.05, 0) is 48.0 Å². The number of methoxy groups -OCH3 is 3. The maximum absolute atomic E-state index is 6.45. The molecule has 6 nitrogen and oxygen atoms in total. The summed E-state index contributed by atoms with van der Waals surface area (Å²) in [5.41, 5.74) is 4.14. The van der Waals surface area contributed by atoms with Crippen LogP contribution < -0.4 is 18.9 Å². The first-order valence-electron chi connectivity index (χ1n) is 10.2. The lowest BCUT2D eigenvalue weighted by Crippen LogP contribution is -2.33. The molecule has 0 amide bonds. The molecule has 0 aliphatic carbocycles. The van der Waals surface area contributed by atoms with E-state index in [0.717, 1.165) is 46.1 Å². The highest BCUT2D eigenvalue weighted by Crippen LogP contribution is 2.49. The third kappa shape index (κ3) is 3.34. The maximum Gasteiger partial charge on any atom is 0.217 e. The number of nitrogens with zero attached hydrogens (tertiary/aromatic N) is 2. The maximum atomic E-state index is 6.45. The van der Waals surface area contributed by atoms with Crippen molar-refractivity contribution in [2.75, 3.05) is 21.3 Å². The van der Waals surface area contributed by atoms with E-state index in [2.05, 4.69) is 6.07 Å². The van der Waals surface area contributed by atoms with Crippen molar-refractivity contribution in [2.45, 2.75) is 18.7 Å². The Labute approximate surface area is 181 Å². The fourth-order valence-corrected chi connectivity index (χ4v) is 4.22. The zero-order chi connectivity index (χ0) is 21.4. The summed E-state index contributed by atoms with van der Waals surface area (Å²) < 4.78 is 22.8. The Kier molecular flexibility index (Phi) is 4.90. The first kappa shape index (κ1) is 19.3.